The van der Waals surface area contributed by atoms with E-state index < -0.39 is 0 Å². The van der Waals surface area contributed by atoms with E-state index in [9.17, 15) is 4.79 Å². The van der Waals surface area contributed by atoms with Gasteiger partial charge in [0.2, 0.25) is 5.95 Å². The van der Waals surface area contributed by atoms with E-state index in [4.69, 9.17) is 0 Å². The molecule has 0 unspecified atom stereocenters. The number of rotatable bonds is 6. The average Bonchev–Trinajstić information content (AvgIpc) is 2.95. The molecule has 7 heteroatoms. The van der Waals surface area contributed by atoms with Crippen LogP contribution in [0.5, 0.6) is 0 Å². The van der Waals surface area contributed by atoms with Crippen molar-refractivity contribution in [1.29, 1.82) is 0 Å². The normalized spacial score (nSPS) is 19.8. The molecule has 0 aromatic carbocycles. The number of piperazine rings is 1. The third-order valence-corrected chi connectivity index (χ3v) is 5.33. The van der Waals surface area contributed by atoms with E-state index >= 15 is 0 Å². The fraction of sp³-hybridized carbons (Fsp3) is 0.737. The molecule has 0 spiro atoms. The van der Waals surface area contributed by atoms with Gasteiger partial charge in [-0.2, -0.15) is 0 Å². The molecule has 0 radical (unpaired) electrons. The van der Waals surface area contributed by atoms with E-state index in [0.29, 0.717) is 6.04 Å². The smallest absolute Gasteiger partial charge is 0.315 e. The average molecular weight is 361 g/mol. The van der Waals surface area contributed by atoms with Gasteiger partial charge >= 0.3 is 6.03 Å². The summed E-state index contributed by atoms with van der Waals surface area (Å²) < 4.78 is 0. The summed E-state index contributed by atoms with van der Waals surface area (Å²) in [6, 6.07) is 2.22. The highest BCUT2D eigenvalue weighted by molar-refractivity contribution is 5.74. The summed E-state index contributed by atoms with van der Waals surface area (Å²) in [5.74, 6) is 0.823. The van der Waals surface area contributed by atoms with E-state index in [1.54, 1.807) is 12.4 Å². The third kappa shape index (κ3) is 6.12. The molecule has 1 saturated heterocycles. The molecule has 26 heavy (non-hydrogen) atoms. The molecule has 1 aliphatic carbocycles. The van der Waals surface area contributed by atoms with Gasteiger partial charge in [-0.05, 0) is 31.9 Å². The number of amides is 2. The topological polar surface area (TPSA) is 73.4 Å². The van der Waals surface area contributed by atoms with Gasteiger partial charge in [0.15, 0.2) is 0 Å². The molecule has 3 rings (SSSR count). The molecule has 144 valence electrons. The molecular weight excluding hydrogens is 328 g/mol. The van der Waals surface area contributed by atoms with Gasteiger partial charge in [0.1, 0.15) is 0 Å². The van der Waals surface area contributed by atoms with Crippen LogP contribution in [0.4, 0.5) is 10.7 Å². The number of aromatic nitrogens is 2. The molecule has 2 aliphatic rings. The van der Waals surface area contributed by atoms with Crippen molar-refractivity contribution in [3.05, 3.63) is 18.5 Å². The van der Waals surface area contributed by atoms with Crippen LogP contribution in [-0.2, 0) is 0 Å². The zero-order valence-corrected chi connectivity index (χ0v) is 15.7. The predicted molar refractivity (Wildman–Crippen MR) is 103 cm³/mol. The van der Waals surface area contributed by atoms with Crippen molar-refractivity contribution in [2.24, 2.45) is 0 Å². The minimum Gasteiger partial charge on any atom is -0.338 e. The minimum absolute atomic E-state index is 0.00273. The maximum absolute atomic E-state index is 12.0. The van der Waals surface area contributed by atoms with Gasteiger partial charge in [-0.25, -0.2) is 14.8 Å². The summed E-state index contributed by atoms with van der Waals surface area (Å²) in [7, 11) is 0. The first kappa shape index (κ1) is 18.9. The molecule has 2 N–H and O–H groups in total. The van der Waals surface area contributed by atoms with Crippen LogP contribution in [0.15, 0.2) is 18.5 Å². The molecule has 1 aromatic rings. The lowest BCUT2D eigenvalue weighted by molar-refractivity contribution is 0.231. The van der Waals surface area contributed by atoms with Gasteiger partial charge in [-0.3, -0.25) is 4.90 Å². The van der Waals surface area contributed by atoms with Gasteiger partial charge in [0, 0.05) is 51.2 Å². The summed E-state index contributed by atoms with van der Waals surface area (Å²) in [6.45, 7) is 5.71. The van der Waals surface area contributed by atoms with Gasteiger partial charge in [-0.15, -0.1) is 0 Å². The van der Waals surface area contributed by atoms with Crippen LogP contribution in [-0.4, -0.2) is 66.2 Å². The second-order valence-corrected chi connectivity index (χ2v) is 7.32. The molecule has 0 atom stereocenters. The quantitative estimate of drug-likeness (QED) is 0.600. The van der Waals surface area contributed by atoms with Crippen molar-refractivity contribution in [1.82, 2.24) is 25.5 Å². The lowest BCUT2D eigenvalue weighted by Crippen LogP contribution is -2.48. The van der Waals surface area contributed by atoms with Gasteiger partial charge in [0.25, 0.3) is 0 Å². The zero-order valence-electron chi connectivity index (χ0n) is 15.7. The number of nitrogens with one attached hydrogen (secondary N) is 2. The number of urea groups is 1. The Balaban J connectivity index is 1.26. The molecule has 7 nitrogen and oxygen atoms in total. The SMILES string of the molecule is O=C(NCCCN1CCN(c2ncccn2)CC1)NC1CCCCCC1. The Labute approximate surface area is 156 Å². The van der Waals surface area contributed by atoms with Crippen molar-refractivity contribution < 1.29 is 4.79 Å². The second-order valence-electron chi connectivity index (χ2n) is 7.32. The Morgan fingerprint density at radius 3 is 2.42 bits per heavy atom. The van der Waals surface area contributed by atoms with Crippen LogP contribution in [0.25, 0.3) is 0 Å². The van der Waals surface area contributed by atoms with Crippen LogP contribution >= 0.6 is 0 Å². The first-order chi connectivity index (χ1) is 12.8. The van der Waals surface area contributed by atoms with E-state index in [-0.39, 0.29) is 6.03 Å². The number of hydrogen-bond donors (Lipinski definition) is 2. The van der Waals surface area contributed by atoms with Crippen LogP contribution in [0.1, 0.15) is 44.9 Å². The molecule has 2 heterocycles. The summed E-state index contributed by atoms with van der Waals surface area (Å²) in [4.78, 5) is 25.3. The molecule has 2 amide bonds. The molecule has 1 aliphatic heterocycles. The molecule has 1 aromatic heterocycles. The zero-order chi connectivity index (χ0) is 18.0. The van der Waals surface area contributed by atoms with Crippen molar-refractivity contribution in [3.63, 3.8) is 0 Å². The van der Waals surface area contributed by atoms with E-state index in [1.165, 1.54) is 25.7 Å². The lowest BCUT2D eigenvalue weighted by atomic mass is 10.1. The summed E-state index contributed by atoms with van der Waals surface area (Å²) in [6.07, 6.45) is 11.9. The minimum atomic E-state index is 0.00273. The van der Waals surface area contributed by atoms with Crippen molar-refractivity contribution in [2.75, 3.05) is 44.2 Å². The van der Waals surface area contributed by atoms with Crippen LogP contribution in [0.3, 0.4) is 0 Å². The van der Waals surface area contributed by atoms with Crippen molar-refractivity contribution in [3.8, 4) is 0 Å². The predicted octanol–water partition coefficient (Wildman–Crippen LogP) is 2.01. The maximum atomic E-state index is 12.0. The van der Waals surface area contributed by atoms with Crippen molar-refractivity contribution in [2.45, 2.75) is 51.0 Å². The van der Waals surface area contributed by atoms with Gasteiger partial charge in [0.05, 0.1) is 0 Å². The summed E-state index contributed by atoms with van der Waals surface area (Å²) in [5.41, 5.74) is 0. The Hall–Kier alpha value is -1.89. The number of nitrogens with zero attached hydrogens (tertiary/aromatic N) is 4. The summed E-state index contributed by atoms with van der Waals surface area (Å²) in [5, 5.41) is 6.15. The van der Waals surface area contributed by atoms with Gasteiger partial charge < -0.3 is 15.5 Å². The summed E-state index contributed by atoms with van der Waals surface area (Å²) >= 11 is 0. The highest BCUT2D eigenvalue weighted by atomic mass is 16.2. The Morgan fingerprint density at radius 2 is 1.73 bits per heavy atom. The highest BCUT2D eigenvalue weighted by Crippen LogP contribution is 2.17. The van der Waals surface area contributed by atoms with Crippen molar-refractivity contribution >= 4 is 12.0 Å². The number of carbonyl (C=O) groups excluding carboxylic acids is 1. The molecular formula is C19H32N6O. The van der Waals surface area contributed by atoms with Crippen LogP contribution < -0.4 is 15.5 Å². The third-order valence-electron chi connectivity index (χ3n) is 5.33. The highest BCUT2D eigenvalue weighted by Gasteiger charge is 2.18. The van der Waals surface area contributed by atoms with E-state index in [0.717, 1.165) is 64.5 Å². The first-order valence-corrected chi connectivity index (χ1v) is 10.1. The lowest BCUT2D eigenvalue weighted by Gasteiger charge is -2.34. The fourth-order valence-corrected chi connectivity index (χ4v) is 3.79. The largest absolute Gasteiger partial charge is 0.338 e. The Kier molecular flexibility index (Phi) is 7.49. The van der Waals surface area contributed by atoms with Gasteiger partial charge in [-0.1, -0.05) is 25.7 Å². The Bertz CT molecular complexity index is 524. The van der Waals surface area contributed by atoms with E-state index in [2.05, 4.69) is 30.4 Å². The fourth-order valence-electron chi connectivity index (χ4n) is 3.79. The molecule has 2 fully saturated rings. The number of hydrogen-bond acceptors (Lipinski definition) is 5. The Morgan fingerprint density at radius 1 is 1.04 bits per heavy atom. The second kappa shape index (κ2) is 10.3. The number of carbonyl (C=O) groups is 1. The molecule has 0 bridgehead atoms. The number of anilines is 1. The van der Waals surface area contributed by atoms with Crippen LogP contribution in [0.2, 0.25) is 0 Å². The first-order valence-electron chi connectivity index (χ1n) is 10.1. The standard InChI is InChI=1S/C19H32N6O/c26-19(23-17-7-3-1-2-4-8-17)22-11-6-12-24-13-15-25(16-14-24)18-20-9-5-10-21-18/h5,9-10,17H,1-4,6-8,11-16H2,(H2,22,23,26). The van der Waals surface area contributed by atoms with E-state index in [1.807, 2.05) is 6.07 Å². The molecule has 1 saturated carbocycles. The van der Waals surface area contributed by atoms with Crippen LogP contribution in [0, 0.1) is 0 Å². The monoisotopic (exact) mass is 360 g/mol. The maximum Gasteiger partial charge on any atom is 0.315 e.